The van der Waals surface area contributed by atoms with Crippen LogP contribution in [-0.2, 0) is 6.54 Å². The van der Waals surface area contributed by atoms with Gasteiger partial charge in [0.25, 0.3) is 0 Å². The number of carbonyl (C=O) groups is 1. The normalized spacial score (nSPS) is 18.6. The van der Waals surface area contributed by atoms with Gasteiger partial charge in [0.1, 0.15) is 5.84 Å². The predicted molar refractivity (Wildman–Crippen MR) is 149 cm³/mol. The summed E-state index contributed by atoms with van der Waals surface area (Å²) in [6.07, 6.45) is 7.76. The van der Waals surface area contributed by atoms with E-state index in [1.165, 1.54) is 11.3 Å². The highest BCUT2D eigenvalue weighted by atomic mass is 16.2. The molecule has 36 heavy (non-hydrogen) atoms. The lowest BCUT2D eigenvalue weighted by Gasteiger charge is -2.36. The van der Waals surface area contributed by atoms with Gasteiger partial charge in [-0.25, -0.2) is 9.79 Å². The minimum absolute atomic E-state index is 0.237. The van der Waals surface area contributed by atoms with Gasteiger partial charge in [-0.1, -0.05) is 36.9 Å². The number of anilines is 2. The Bertz CT molecular complexity index is 1200. The summed E-state index contributed by atoms with van der Waals surface area (Å²) < 4.78 is 0. The van der Waals surface area contributed by atoms with Crippen molar-refractivity contribution in [3.05, 3.63) is 96.0 Å². The standard InChI is InChI=1S/C29H36N6O/c1-5-30-28-26(15-16-31-28)21(2)35-17-9-12-23(20-35)22-11-8-13-25(18-22)32-29(36)33-27-14-7-6-10-24(27)19-34(3)4/h5-8,10-11,13-16,18,23H,1,9,12,17,19-20H2,2-4H3,(H,30,31)(H2,32,33,36)/b26-21+. The lowest BCUT2D eigenvalue weighted by Crippen LogP contribution is -2.34. The second-order valence-corrected chi connectivity index (χ2v) is 9.53. The van der Waals surface area contributed by atoms with Crippen molar-refractivity contribution in [2.24, 2.45) is 4.99 Å². The summed E-state index contributed by atoms with van der Waals surface area (Å²) in [7, 11) is 4.03. The zero-order valence-corrected chi connectivity index (χ0v) is 21.4. The molecule has 2 aromatic carbocycles. The first kappa shape index (κ1) is 25.3. The molecular weight excluding hydrogens is 448 g/mol. The van der Waals surface area contributed by atoms with Gasteiger partial charge in [0.15, 0.2) is 0 Å². The lowest BCUT2D eigenvalue weighted by molar-refractivity contribution is 0.258. The first-order valence-corrected chi connectivity index (χ1v) is 12.4. The Kier molecular flexibility index (Phi) is 8.23. The van der Waals surface area contributed by atoms with Crippen LogP contribution in [0.5, 0.6) is 0 Å². The van der Waals surface area contributed by atoms with Crippen molar-refractivity contribution < 1.29 is 4.79 Å². The fourth-order valence-electron chi connectivity index (χ4n) is 4.84. The molecule has 2 aliphatic heterocycles. The van der Waals surface area contributed by atoms with E-state index >= 15 is 0 Å². The number of hydrogen-bond donors (Lipinski definition) is 3. The van der Waals surface area contributed by atoms with E-state index in [2.05, 4.69) is 56.4 Å². The number of allylic oxidation sites excluding steroid dienone is 1. The van der Waals surface area contributed by atoms with E-state index < -0.39 is 0 Å². The summed E-state index contributed by atoms with van der Waals surface area (Å²) in [5, 5.41) is 9.16. The second-order valence-electron chi connectivity index (χ2n) is 9.53. The topological polar surface area (TPSA) is 72.0 Å². The number of nitrogens with one attached hydrogen (secondary N) is 3. The van der Waals surface area contributed by atoms with Gasteiger partial charge in [0.2, 0.25) is 0 Å². The first-order chi connectivity index (χ1) is 17.4. The van der Waals surface area contributed by atoms with E-state index in [0.29, 0.717) is 5.92 Å². The Labute approximate surface area is 214 Å². The third-order valence-electron chi connectivity index (χ3n) is 6.59. The van der Waals surface area contributed by atoms with Crippen molar-refractivity contribution in [3.8, 4) is 0 Å². The van der Waals surface area contributed by atoms with Gasteiger partial charge in [0, 0.05) is 54.4 Å². The monoisotopic (exact) mass is 484 g/mol. The van der Waals surface area contributed by atoms with Gasteiger partial charge in [0.05, 0.1) is 0 Å². The van der Waals surface area contributed by atoms with Crippen LogP contribution in [0.2, 0.25) is 0 Å². The van der Waals surface area contributed by atoms with Crippen molar-refractivity contribution in [1.82, 2.24) is 15.1 Å². The number of piperidine rings is 1. The summed E-state index contributed by atoms with van der Waals surface area (Å²) in [6, 6.07) is 15.9. The van der Waals surface area contributed by atoms with Crippen molar-refractivity contribution in [2.45, 2.75) is 32.2 Å². The maximum absolute atomic E-state index is 12.8. The number of aliphatic imine (C=N–C) groups is 1. The molecule has 1 unspecified atom stereocenters. The number of urea groups is 1. The number of para-hydroxylation sites is 1. The third kappa shape index (κ3) is 6.23. The van der Waals surface area contributed by atoms with Gasteiger partial charge >= 0.3 is 6.03 Å². The Morgan fingerprint density at radius 1 is 1.19 bits per heavy atom. The molecule has 4 rings (SSSR count). The van der Waals surface area contributed by atoms with Crippen LogP contribution in [0.3, 0.4) is 0 Å². The van der Waals surface area contributed by atoms with Crippen LogP contribution in [0.4, 0.5) is 16.2 Å². The number of amides is 2. The molecule has 2 aromatic rings. The second kappa shape index (κ2) is 11.7. The minimum Gasteiger partial charge on any atom is -0.374 e. The van der Waals surface area contributed by atoms with Crippen LogP contribution < -0.4 is 16.0 Å². The SMILES string of the molecule is C=CNC1=NC=C/C1=C(/C)N1CCCC(c2cccc(NC(=O)Nc3ccccc3CN(C)C)c2)C1. The van der Waals surface area contributed by atoms with Gasteiger partial charge in [-0.05, 0) is 75.5 Å². The number of rotatable bonds is 7. The first-order valence-electron chi connectivity index (χ1n) is 12.4. The molecule has 7 heteroatoms. The van der Waals surface area contributed by atoms with Crippen LogP contribution in [0.1, 0.15) is 36.8 Å². The van der Waals surface area contributed by atoms with Crippen molar-refractivity contribution in [3.63, 3.8) is 0 Å². The third-order valence-corrected chi connectivity index (χ3v) is 6.59. The van der Waals surface area contributed by atoms with Crippen LogP contribution in [0.25, 0.3) is 0 Å². The Morgan fingerprint density at radius 3 is 2.83 bits per heavy atom. The molecule has 3 N–H and O–H groups in total. The van der Waals surface area contributed by atoms with Gasteiger partial charge in [-0.3, -0.25) is 0 Å². The van der Waals surface area contributed by atoms with Crippen LogP contribution in [-0.4, -0.2) is 48.9 Å². The molecule has 1 saturated heterocycles. The van der Waals surface area contributed by atoms with Crippen LogP contribution in [0.15, 0.2) is 89.8 Å². The van der Waals surface area contributed by atoms with Crippen LogP contribution >= 0.6 is 0 Å². The quantitative estimate of drug-likeness (QED) is 0.485. The molecule has 2 aliphatic rings. The van der Waals surface area contributed by atoms with Crippen molar-refractivity contribution in [2.75, 3.05) is 37.8 Å². The highest BCUT2D eigenvalue weighted by Gasteiger charge is 2.24. The van der Waals surface area contributed by atoms with E-state index in [1.807, 2.05) is 62.8 Å². The number of hydrogen-bond acceptors (Lipinski definition) is 5. The van der Waals surface area contributed by atoms with Crippen molar-refractivity contribution in [1.29, 1.82) is 0 Å². The Hall–Kier alpha value is -3.84. The predicted octanol–water partition coefficient (Wildman–Crippen LogP) is 5.50. The molecule has 2 heterocycles. The molecule has 0 radical (unpaired) electrons. The van der Waals surface area contributed by atoms with Gasteiger partial charge in [-0.2, -0.15) is 0 Å². The number of amidine groups is 1. The summed E-state index contributed by atoms with van der Waals surface area (Å²) in [4.78, 5) is 21.7. The molecule has 2 amide bonds. The number of likely N-dealkylation sites (tertiary alicyclic amines) is 1. The number of benzene rings is 2. The maximum Gasteiger partial charge on any atom is 0.323 e. The van der Waals surface area contributed by atoms with E-state index in [1.54, 1.807) is 6.20 Å². The van der Waals surface area contributed by atoms with Crippen molar-refractivity contribution >= 4 is 23.2 Å². The summed E-state index contributed by atoms with van der Waals surface area (Å²) in [6.45, 7) is 8.62. The van der Waals surface area contributed by atoms with Crippen LogP contribution in [0, 0.1) is 0 Å². The van der Waals surface area contributed by atoms with E-state index in [4.69, 9.17) is 0 Å². The lowest BCUT2D eigenvalue weighted by atomic mass is 9.90. The minimum atomic E-state index is -0.237. The highest BCUT2D eigenvalue weighted by Crippen LogP contribution is 2.31. The Balaban J connectivity index is 1.43. The molecule has 0 bridgehead atoms. The average molecular weight is 485 g/mol. The molecule has 1 fully saturated rings. The fourth-order valence-corrected chi connectivity index (χ4v) is 4.84. The average Bonchev–Trinajstić information content (AvgIpc) is 3.33. The van der Waals surface area contributed by atoms with E-state index in [-0.39, 0.29) is 6.03 Å². The van der Waals surface area contributed by atoms with Gasteiger partial charge in [-0.15, -0.1) is 0 Å². The molecule has 7 nitrogen and oxygen atoms in total. The molecule has 0 spiro atoms. The summed E-state index contributed by atoms with van der Waals surface area (Å²) >= 11 is 0. The summed E-state index contributed by atoms with van der Waals surface area (Å²) in [5.41, 5.74) is 6.26. The fraction of sp³-hybridized carbons (Fsp3) is 0.310. The molecule has 188 valence electrons. The van der Waals surface area contributed by atoms with E-state index in [9.17, 15) is 4.79 Å². The largest absolute Gasteiger partial charge is 0.374 e. The zero-order chi connectivity index (χ0) is 25.5. The number of carbonyl (C=O) groups excluding carboxylic acids is 1. The van der Waals surface area contributed by atoms with E-state index in [0.717, 1.165) is 60.8 Å². The molecule has 0 aromatic heterocycles. The molecule has 0 aliphatic carbocycles. The highest BCUT2D eigenvalue weighted by molar-refractivity contribution is 6.04. The molecule has 0 saturated carbocycles. The molecule has 1 atom stereocenters. The smallest absolute Gasteiger partial charge is 0.323 e. The zero-order valence-electron chi connectivity index (χ0n) is 21.4. The number of nitrogens with zero attached hydrogens (tertiary/aromatic N) is 3. The van der Waals surface area contributed by atoms with Gasteiger partial charge < -0.3 is 25.8 Å². The molecular formula is C29H36N6O. The summed E-state index contributed by atoms with van der Waals surface area (Å²) in [5.74, 6) is 1.23. The Morgan fingerprint density at radius 2 is 2.03 bits per heavy atom. The maximum atomic E-state index is 12.8.